The quantitative estimate of drug-likeness (QED) is 0.104. The van der Waals surface area contributed by atoms with E-state index in [0.717, 1.165) is 0 Å². The molecule has 0 aliphatic carbocycles. The number of hydrogen-bond acceptors (Lipinski definition) is 10. The van der Waals surface area contributed by atoms with Crippen LogP contribution >= 0.6 is 38.0 Å². The molecule has 1 aliphatic heterocycles. The summed E-state index contributed by atoms with van der Waals surface area (Å²) >= 11 is 0. The Hall–Kier alpha value is 0.550. The highest BCUT2D eigenvalue weighted by Gasteiger charge is 2.28. The van der Waals surface area contributed by atoms with Gasteiger partial charge in [0, 0.05) is 65.4 Å². The van der Waals surface area contributed by atoms with Gasteiger partial charge in [0.15, 0.2) is 0 Å². The lowest BCUT2D eigenvalue weighted by Crippen LogP contribution is -2.43. The summed E-state index contributed by atoms with van der Waals surface area (Å²) < 4.78 is 58.5. The smallest absolute Gasteiger partial charge is 0.324 e. The molecule has 40 heavy (non-hydrogen) atoms. The van der Waals surface area contributed by atoms with Crippen LogP contribution in [0.1, 0.15) is 0 Å². The van der Waals surface area contributed by atoms with Crippen molar-refractivity contribution < 1.29 is 71.8 Å². The fourth-order valence-electron chi connectivity index (χ4n) is 3.98. The lowest BCUT2D eigenvalue weighted by atomic mass is 10.4. The van der Waals surface area contributed by atoms with E-state index in [-0.39, 0.29) is 65.4 Å². The monoisotopic (exact) mass is 685 g/mol. The minimum absolute atomic E-state index is 0.127. The maximum absolute atomic E-state index is 11.7. The highest BCUT2D eigenvalue weighted by Crippen LogP contribution is 2.39. The molecular formula is C15H40N5O15P5. The van der Waals surface area contributed by atoms with Crippen molar-refractivity contribution >= 4 is 38.0 Å². The van der Waals surface area contributed by atoms with Crippen molar-refractivity contribution in [1.82, 2.24) is 24.5 Å². The van der Waals surface area contributed by atoms with E-state index in [1.54, 1.807) is 0 Å². The van der Waals surface area contributed by atoms with E-state index in [2.05, 4.69) is 0 Å². The summed E-state index contributed by atoms with van der Waals surface area (Å²) in [5.74, 6) is 0. The van der Waals surface area contributed by atoms with Gasteiger partial charge >= 0.3 is 38.0 Å². The molecule has 0 spiro atoms. The van der Waals surface area contributed by atoms with Crippen LogP contribution in [0, 0.1) is 0 Å². The minimum Gasteiger partial charge on any atom is -0.324 e. The molecule has 1 rings (SSSR count). The van der Waals surface area contributed by atoms with Gasteiger partial charge in [0.2, 0.25) is 0 Å². The summed E-state index contributed by atoms with van der Waals surface area (Å²) in [6.45, 7) is -1.27. The molecule has 1 aliphatic rings. The van der Waals surface area contributed by atoms with Crippen LogP contribution in [0.4, 0.5) is 0 Å². The summed E-state index contributed by atoms with van der Waals surface area (Å²) in [6, 6.07) is 0. The molecule has 10 N–H and O–H groups in total. The lowest BCUT2D eigenvalue weighted by molar-refractivity contribution is 0.181. The molecule has 20 nitrogen and oxygen atoms in total. The molecule has 0 unspecified atom stereocenters. The third-order valence-electron chi connectivity index (χ3n) is 5.58. The zero-order valence-electron chi connectivity index (χ0n) is 21.6. The maximum atomic E-state index is 11.7. The van der Waals surface area contributed by atoms with Crippen LogP contribution < -0.4 is 0 Å². The second-order valence-corrected chi connectivity index (χ2v) is 17.7. The van der Waals surface area contributed by atoms with Crippen molar-refractivity contribution in [2.45, 2.75) is 0 Å². The van der Waals surface area contributed by atoms with Gasteiger partial charge in [0.1, 0.15) is 31.4 Å². The van der Waals surface area contributed by atoms with Crippen LogP contribution in [0.25, 0.3) is 0 Å². The summed E-state index contributed by atoms with van der Waals surface area (Å²) in [6.07, 6.45) is -3.84. The molecule has 0 saturated carbocycles. The number of rotatable bonds is 10. The predicted octanol–water partition coefficient (Wildman–Crippen LogP) is -2.81. The van der Waals surface area contributed by atoms with Crippen LogP contribution in [0.3, 0.4) is 0 Å². The van der Waals surface area contributed by atoms with E-state index in [9.17, 15) is 71.8 Å². The fourth-order valence-corrected chi connectivity index (χ4v) is 8.00. The first-order valence-electron chi connectivity index (χ1n) is 11.7. The van der Waals surface area contributed by atoms with Crippen LogP contribution in [0.2, 0.25) is 0 Å². The van der Waals surface area contributed by atoms with E-state index < -0.39 is 69.4 Å². The third kappa shape index (κ3) is 21.3. The van der Waals surface area contributed by atoms with Gasteiger partial charge in [-0.1, -0.05) is 0 Å². The fraction of sp³-hybridized carbons (Fsp3) is 1.00. The van der Waals surface area contributed by atoms with Crippen molar-refractivity contribution in [3.8, 4) is 0 Å². The second kappa shape index (κ2) is 16.0. The van der Waals surface area contributed by atoms with Crippen molar-refractivity contribution in [2.75, 3.05) is 96.9 Å². The Morgan fingerprint density at radius 3 is 0.475 bits per heavy atom. The molecular weight excluding hydrogens is 645 g/mol. The van der Waals surface area contributed by atoms with Crippen molar-refractivity contribution in [3.63, 3.8) is 0 Å². The minimum atomic E-state index is -4.63. The highest BCUT2D eigenvalue weighted by atomic mass is 31.2. The molecule has 1 saturated heterocycles. The molecule has 240 valence electrons. The van der Waals surface area contributed by atoms with Crippen LogP contribution in [-0.4, -0.2) is 170 Å². The van der Waals surface area contributed by atoms with E-state index in [0.29, 0.717) is 0 Å². The summed E-state index contributed by atoms with van der Waals surface area (Å²) in [4.78, 5) is 101. The Bertz CT molecular complexity index is 818. The Balaban J connectivity index is 3.38. The third-order valence-corrected chi connectivity index (χ3v) is 9.43. The van der Waals surface area contributed by atoms with Crippen LogP contribution in [0.15, 0.2) is 0 Å². The summed E-state index contributed by atoms with van der Waals surface area (Å²) in [5.41, 5.74) is 0. The van der Waals surface area contributed by atoms with Gasteiger partial charge in [-0.2, -0.15) is 0 Å². The normalized spacial score (nSPS) is 21.2. The van der Waals surface area contributed by atoms with Gasteiger partial charge in [-0.25, -0.2) is 0 Å². The largest absolute Gasteiger partial charge is 0.339 e. The first kappa shape index (κ1) is 38.6. The van der Waals surface area contributed by atoms with Gasteiger partial charge in [-0.3, -0.25) is 47.3 Å². The van der Waals surface area contributed by atoms with Crippen molar-refractivity contribution in [3.05, 3.63) is 0 Å². The Kier molecular flexibility index (Phi) is 15.5. The average molecular weight is 685 g/mol. The standard InChI is InChI=1S/C15H40N5O15P5/c21-36(22,23)11-16-1-2-17(12-37(24,25)26)5-6-19(14-39(30,31)32)9-10-20(15-40(33,34)35)8-7-18(4-3-16)13-38(27,28)29/h1-15H2,(H2,21,22,23)(H2,24,25,26)(H2,27,28,29)(H2,30,31,32)(H2,33,34,35). The predicted molar refractivity (Wildman–Crippen MR) is 142 cm³/mol. The molecule has 0 aromatic carbocycles. The molecule has 25 heteroatoms. The van der Waals surface area contributed by atoms with Gasteiger partial charge in [0.25, 0.3) is 0 Å². The molecule has 0 radical (unpaired) electrons. The molecule has 0 amide bonds. The number of nitrogens with zero attached hydrogens (tertiary/aromatic N) is 5. The van der Waals surface area contributed by atoms with Gasteiger partial charge in [-0.05, 0) is 0 Å². The topological polar surface area (TPSA) is 304 Å². The first-order valence-corrected chi connectivity index (χ1v) is 20.7. The van der Waals surface area contributed by atoms with Gasteiger partial charge in [-0.15, -0.1) is 0 Å². The summed E-state index contributed by atoms with van der Waals surface area (Å²) in [7, 11) is -23.2. The molecule has 1 fully saturated rings. The molecule has 0 aromatic rings. The summed E-state index contributed by atoms with van der Waals surface area (Å²) in [5, 5.41) is 0. The van der Waals surface area contributed by atoms with E-state index in [4.69, 9.17) is 0 Å². The Morgan fingerprint density at radius 1 is 0.300 bits per heavy atom. The Morgan fingerprint density at radius 2 is 0.400 bits per heavy atom. The molecule has 1 heterocycles. The zero-order valence-corrected chi connectivity index (χ0v) is 26.1. The van der Waals surface area contributed by atoms with E-state index in [1.807, 2.05) is 0 Å². The molecule has 0 bridgehead atoms. The van der Waals surface area contributed by atoms with Gasteiger partial charge in [0.05, 0.1) is 0 Å². The van der Waals surface area contributed by atoms with Gasteiger partial charge < -0.3 is 48.9 Å². The lowest BCUT2D eigenvalue weighted by Gasteiger charge is -2.31. The highest BCUT2D eigenvalue weighted by molar-refractivity contribution is 7.52. The second-order valence-electron chi connectivity index (χ2n) is 9.62. The average Bonchev–Trinajstić information content (AvgIpc) is 2.69. The van der Waals surface area contributed by atoms with Crippen LogP contribution in [-0.2, 0) is 22.8 Å². The van der Waals surface area contributed by atoms with Crippen LogP contribution in [0.5, 0.6) is 0 Å². The van der Waals surface area contributed by atoms with E-state index in [1.165, 1.54) is 24.5 Å². The van der Waals surface area contributed by atoms with E-state index >= 15 is 0 Å². The number of hydrogen-bond donors (Lipinski definition) is 10. The first-order chi connectivity index (χ1) is 17.9. The van der Waals surface area contributed by atoms with Crippen molar-refractivity contribution in [2.24, 2.45) is 0 Å². The Labute approximate surface area is 231 Å². The molecule has 0 atom stereocenters. The zero-order chi connectivity index (χ0) is 31.0. The molecule has 0 aromatic heterocycles. The van der Waals surface area contributed by atoms with Crippen molar-refractivity contribution in [1.29, 1.82) is 0 Å². The SMILES string of the molecule is O=P(O)(O)CN1CCN(CP(=O)(O)O)CCN(CP(=O)(O)O)CCN(CP(=O)(O)O)CCN(CP(=O)(O)O)CC1. The maximum Gasteiger partial charge on any atom is 0.339 e.